The number of rotatable bonds is 6. The minimum Gasteiger partial charge on any atom is -0.357 e. The highest BCUT2D eigenvalue weighted by Crippen LogP contribution is 2.24. The fourth-order valence-electron chi connectivity index (χ4n) is 2.21. The molecule has 0 amide bonds. The van der Waals surface area contributed by atoms with E-state index in [0.29, 0.717) is 24.1 Å². The highest BCUT2D eigenvalue weighted by Gasteiger charge is 2.24. The fraction of sp³-hybridized carbons (Fsp3) is 0.929. The van der Waals surface area contributed by atoms with Crippen LogP contribution in [0.2, 0.25) is 0 Å². The van der Waals surface area contributed by atoms with Gasteiger partial charge in [-0.15, -0.1) is 0 Å². The van der Waals surface area contributed by atoms with Gasteiger partial charge in [0.1, 0.15) is 9.84 Å². The third-order valence-electron chi connectivity index (χ3n) is 3.41. The second-order valence-corrected chi connectivity index (χ2v) is 9.43. The number of nitrogens with one attached hydrogen (secondary N) is 1. The zero-order valence-electron chi connectivity index (χ0n) is 13.6. The van der Waals surface area contributed by atoms with Gasteiger partial charge < -0.3 is 10.2 Å². The van der Waals surface area contributed by atoms with Crippen molar-refractivity contribution in [2.45, 2.75) is 32.4 Å². The van der Waals surface area contributed by atoms with Crippen molar-refractivity contribution in [2.75, 3.05) is 43.9 Å². The largest absolute Gasteiger partial charge is 0.357 e. The van der Waals surface area contributed by atoms with E-state index in [-0.39, 0.29) is 5.75 Å². The summed E-state index contributed by atoms with van der Waals surface area (Å²) in [6, 6.07) is 0. The van der Waals surface area contributed by atoms with E-state index in [4.69, 9.17) is 0 Å². The van der Waals surface area contributed by atoms with Gasteiger partial charge in [0.2, 0.25) is 0 Å². The van der Waals surface area contributed by atoms with Crippen LogP contribution in [0.5, 0.6) is 0 Å². The van der Waals surface area contributed by atoms with Crippen LogP contribution in [0.1, 0.15) is 27.2 Å². The van der Waals surface area contributed by atoms with Crippen LogP contribution in [0.15, 0.2) is 4.99 Å². The van der Waals surface area contributed by atoms with Crippen LogP contribution in [0.4, 0.5) is 0 Å². The highest BCUT2D eigenvalue weighted by molar-refractivity contribution is 8.00. The molecule has 1 rings (SSSR count). The maximum atomic E-state index is 11.1. The van der Waals surface area contributed by atoms with E-state index >= 15 is 0 Å². The number of hydrogen-bond donors (Lipinski definition) is 1. The average molecular weight is 336 g/mol. The molecule has 0 spiro atoms. The Morgan fingerprint density at radius 3 is 2.76 bits per heavy atom. The Morgan fingerprint density at radius 1 is 1.48 bits per heavy atom. The molecule has 0 bridgehead atoms. The molecule has 0 aromatic carbocycles. The maximum absolute atomic E-state index is 11.1. The molecule has 0 aliphatic carbocycles. The van der Waals surface area contributed by atoms with Crippen molar-refractivity contribution < 1.29 is 8.42 Å². The molecule has 1 saturated heterocycles. The first-order chi connectivity index (χ1) is 9.83. The van der Waals surface area contributed by atoms with Gasteiger partial charge in [0.25, 0.3) is 0 Å². The van der Waals surface area contributed by atoms with Gasteiger partial charge in [0.05, 0.1) is 5.75 Å². The molecule has 0 saturated carbocycles. The van der Waals surface area contributed by atoms with E-state index in [1.165, 1.54) is 6.26 Å². The number of hydrogen-bond acceptors (Lipinski definition) is 4. The van der Waals surface area contributed by atoms with Crippen LogP contribution in [0.3, 0.4) is 0 Å². The Kier molecular flexibility index (Phi) is 7.87. The molecule has 1 fully saturated rings. The third kappa shape index (κ3) is 7.40. The second-order valence-electron chi connectivity index (χ2n) is 5.82. The molecule has 7 heteroatoms. The van der Waals surface area contributed by atoms with Crippen LogP contribution in [-0.2, 0) is 9.84 Å². The van der Waals surface area contributed by atoms with Gasteiger partial charge in [-0.3, -0.25) is 4.99 Å². The van der Waals surface area contributed by atoms with Crippen molar-refractivity contribution in [2.24, 2.45) is 10.9 Å². The van der Waals surface area contributed by atoms with Gasteiger partial charge in [-0.05, 0) is 19.3 Å². The number of sulfone groups is 1. The highest BCUT2D eigenvalue weighted by atomic mass is 32.2. The molecule has 1 aliphatic rings. The summed E-state index contributed by atoms with van der Waals surface area (Å²) >= 11 is 2.04. The van der Waals surface area contributed by atoms with Crippen molar-refractivity contribution in [3.63, 3.8) is 0 Å². The zero-order chi connectivity index (χ0) is 15.9. The molecular formula is C14H29N3O2S2. The number of nitrogens with zero attached hydrogens (tertiary/aromatic N) is 2. The first-order valence-electron chi connectivity index (χ1n) is 7.66. The number of aliphatic imine (C=N–C) groups is 1. The quantitative estimate of drug-likeness (QED) is 0.452. The molecule has 0 aromatic rings. The summed E-state index contributed by atoms with van der Waals surface area (Å²) in [6.07, 6.45) is 1.86. The van der Waals surface area contributed by atoms with Crippen molar-refractivity contribution in [1.29, 1.82) is 0 Å². The van der Waals surface area contributed by atoms with E-state index in [2.05, 4.69) is 36.0 Å². The van der Waals surface area contributed by atoms with Crippen LogP contribution in [-0.4, -0.2) is 68.5 Å². The van der Waals surface area contributed by atoms with E-state index in [9.17, 15) is 8.42 Å². The summed E-state index contributed by atoms with van der Waals surface area (Å²) in [6.45, 7) is 10.00. The third-order valence-corrected chi connectivity index (χ3v) is 5.98. The van der Waals surface area contributed by atoms with Crippen LogP contribution in [0.25, 0.3) is 0 Å². The summed E-state index contributed by atoms with van der Waals surface area (Å²) < 4.78 is 22.3. The van der Waals surface area contributed by atoms with Crippen LogP contribution in [0, 0.1) is 5.92 Å². The minimum absolute atomic E-state index is 0.209. The lowest BCUT2D eigenvalue weighted by atomic mass is 10.1. The molecule has 1 N–H and O–H groups in total. The molecule has 124 valence electrons. The summed E-state index contributed by atoms with van der Waals surface area (Å²) in [5, 5.41) is 3.96. The van der Waals surface area contributed by atoms with E-state index in [1.807, 2.05) is 11.8 Å². The first kappa shape index (κ1) is 18.6. The average Bonchev–Trinajstić information content (AvgIpc) is 2.41. The van der Waals surface area contributed by atoms with E-state index in [0.717, 1.165) is 31.3 Å². The maximum Gasteiger partial charge on any atom is 0.193 e. The van der Waals surface area contributed by atoms with E-state index in [1.54, 1.807) is 0 Å². The Bertz CT molecular complexity index is 436. The lowest BCUT2D eigenvalue weighted by Crippen LogP contribution is -2.49. The Morgan fingerprint density at radius 2 is 2.19 bits per heavy atom. The molecule has 0 aromatic heterocycles. The predicted molar refractivity (Wildman–Crippen MR) is 93.0 cm³/mol. The second kappa shape index (κ2) is 8.88. The van der Waals surface area contributed by atoms with E-state index < -0.39 is 9.84 Å². The Balaban J connectivity index is 2.58. The predicted octanol–water partition coefficient (Wildman–Crippen LogP) is 1.46. The fourth-order valence-corrected chi connectivity index (χ4v) is 4.16. The molecular weight excluding hydrogens is 306 g/mol. The minimum atomic E-state index is -2.89. The summed E-state index contributed by atoms with van der Waals surface area (Å²) in [4.78, 5) is 6.90. The topological polar surface area (TPSA) is 61.8 Å². The van der Waals surface area contributed by atoms with Crippen molar-refractivity contribution >= 4 is 27.6 Å². The van der Waals surface area contributed by atoms with Crippen molar-refractivity contribution in [3.05, 3.63) is 0 Å². The molecule has 21 heavy (non-hydrogen) atoms. The van der Waals surface area contributed by atoms with Gasteiger partial charge in [0, 0.05) is 43.4 Å². The molecule has 5 nitrogen and oxygen atoms in total. The molecule has 1 unspecified atom stereocenters. The van der Waals surface area contributed by atoms with Gasteiger partial charge in [-0.1, -0.05) is 13.8 Å². The van der Waals surface area contributed by atoms with Crippen LogP contribution >= 0.6 is 11.8 Å². The smallest absolute Gasteiger partial charge is 0.193 e. The SMILES string of the molecule is CCNC(=NCCCS(C)(=O)=O)N1CCSC(C(C)C)C1. The standard InChI is InChI=1S/C14H29N3O2S2/c1-5-15-14(16-7-6-10-21(4,18)19)17-8-9-20-13(11-17)12(2)3/h12-13H,5-11H2,1-4H3,(H,15,16). The van der Waals surface area contributed by atoms with Gasteiger partial charge in [0.15, 0.2) is 5.96 Å². The number of thioether (sulfide) groups is 1. The summed E-state index contributed by atoms with van der Waals surface area (Å²) in [5.41, 5.74) is 0. The monoisotopic (exact) mass is 335 g/mol. The van der Waals surface area contributed by atoms with Crippen molar-refractivity contribution in [3.8, 4) is 0 Å². The van der Waals surface area contributed by atoms with Crippen molar-refractivity contribution in [1.82, 2.24) is 10.2 Å². The molecule has 0 radical (unpaired) electrons. The van der Waals surface area contributed by atoms with Gasteiger partial charge >= 0.3 is 0 Å². The number of guanidine groups is 1. The zero-order valence-corrected chi connectivity index (χ0v) is 15.3. The van der Waals surface area contributed by atoms with Crippen LogP contribution < -0.4 is 5.32 Å². The molecule has 1 atom stereocenters. The molecule has 1 aliphatic heterocycles. The summed E-state index contributed by atoms with van der Waals surface area (Å²) in [5.74, 6) is 2.92. The van der Waals surface area contributed by atoms with Gasteiger partial charge in [-0.25, -0.2) is 8.42 Å². The normalized spacial score (nSPS) is 20.9. The lowest BCUT2D eigenvalue weighted by molar-refractivity contribution is 0.381. The Hall–Kier alpha value is -0.430. The van der Waals surface area contributed by atoms with Gasteiger partial charge in [-0.2, -0.15) is 11.8 Å². The first-order valence-corrected chi connectivity index (χ1v) is 10.8. The summed E-state index contributed by atoms with van der Waals surface area (Å²) in [7, 11) is -2.89. The lowest BCUT2D eigenvalue weighted by Gasteiger charge is -2.36. The Labute approximate surface area is 133 Å². The molecule has 1 heterocycles.